The van der Waals surface area contributed by atoms with Gasteiger partial charge in [0, 0.05) is 19.6 Å². The predicted molar refractivity (Wildman–Crippen MR) is 102 cm³/mol. The molecule has 2 aromatic heterocycles. The van der Waals surface area contributed by atoms with Gasteiger partial charge in [0.15, 0.2) is 5.76 Å². The van der Waals surface area contributed by atoms with Crippen LogP contribution >= 0.6 is 0 Å². The molecule has 0 saturated carbocycles. The fourth-order valence-corrected chi connectivity index (χ4v) is 5.80. The molecule has 3 heterocycles. The highest BCUT2D eigenvalue weighted by atomic mass is 32.2. The van der Waals surface area contributed by atoms with E-state index >= 15 is 0 Å². The van der Waals surface area contributed by atoms with Gasteiger partial charge in [-0.1, -0.05) is 17.3 Å². The number of hydrogen-bond acceptors (Lipinski definition) is 5. The number of para-hydroxylation sites is 2. The molecule has 1 saturated heterocycles. The quantitative estimate of drug-likeness (QED) is 0.615. The summed E-state index contributed by atoms with van der Waals surface area (Å²) in [4.78, 5) is 3.84. The van der Waals surface area contributed by atoms with Crippen molar-refractivity contribution in [1.82, 2.24) is 19.0 Å². The van der Waals surface area contributed by atoms with E-state index in [0.717, 1.165) is 0 Å². The van der Waals surface area contributed by atoms with Crippen LogP contribution in [0, 0.1) is 19.8 Å². The molecule has 162 valence electrons. The molecule has 1 fully saturated rings. The molecule has 4 rings (SSSR count). The summed E-state index contributed by atoms with van der Waals surface area (Å²) >= 11 is 0. The lowest BCUT2D eigenvalue weighted by Gasteiger charge is -2.31. The molecular weight excluding hydrogens is 421 g/mol. The number of sulfonamides is 1. The third-order valence-corrected chi connectivity index (χ3v) is 7.63. The lowest BCUT2D eigenvalue weighted by atomic mass is 9.98. The van der Waals surface area contributed by atoms with Crippen LogP contribution in [-0.2, 0) is 22.7 Å². The van der Waals surface area contributed by atoms with Crippen LogP contribution in [0.3, 0.4) is 0 Å². The molecule has 11 heteroatoms. The first-order valence-electron chi connectivity index (χ1n) is 9.54. The van der Waals surface area contributed by atoms with Crippen LogP contribution in [0.1, 0.15) is 30.1 Å². The van der Waals surface area contributed by atoms with Crippen molar-refractivity contribution >= 4 is 21.1 Å². The number of aryl methyl sites for hydroxylation is 2. The molecular formula is C19H21F3N4O3S. The third-order valence-electron chi connectivity index (χ3n) is 5.49. The molecule has 0 N–H and O–H groups in total. The highest BCUT2D eigenvalue weighted by Gasteiger charge is 2.39. The van der Waals surface area contributed by atoms with Crippen molar-refractivity contribution < 1.29 is 26.1 Å². The van der Waals surface area contributed by atoms with Gasteiger partial charge in [-0.3, -0.25) is 0 Å². The van der Waals surface area contributed by atoms with Crippen molar-refractivity contribution in [2.75, 3.05) is 13.1 Å². The molecule has 3 aromatic rings. The zero-order valence-electron chi connectivity index (χ0n) is 16.5. The Hall–Kier alpha value is -2.40. The number of imidazole rings is 1. The van der Waals surface area contributed by atoms with Crippen LogP contribution in [0.5, 0.6) is 0 Å². The van der Waals surface area contributed by atoms with E-state index in [0.29, 0.717) is 29.6 Å². The Morgan fingerprint density at radius 2 is 1.83 bits per heavy atom. The van der Waals surface area contributed by atoms with Gasteiger partial charge in [0.25, 0.3) is 0 Å². The number of fused-ring (bicyclic) bond motifs is 1. The van der Waals surface area contributed by atoms with Crippen molar-refractivity contribution in [2.24, 2.45) is 5.92 Å². The summed E-state index contributed by atoms with van der Waals surface area (Å²) < 4.78 is 73.9. The summed E-state index contributed by atoms with van der Waals surface area (Å²) in [5.74, 6) is -0.788. The number of alkyl halides is 3. The van der Waals surface area contributed by atoms with Crippen LogP contribution in [-0.4, -0.2) is 40.5 Å². The summed E-state index contributed by atoms with van der Waals surface area (Å²) in [5, 5.41) is 3.71. The van der Waals surface area contributed by atoms with E-state index in [1.165, 1.54) is 8.87 Å². The molecule has 0 atom stereocenters. The Balaban J connectivity index is 1.54. The molecule has 0 amide bonds. The lowest BCUT2D eigenvalue weighted by Crippen LogP contribution is -2.39. The Kier molecular flexibility index (Phi) is 5.13. The lowest BCUT2D eigenvalue weighted by molar-refractivity contribution is -0.147. The maximum atomic E-state index is 13.5. The van der Waals surface area contributed by atoms with Gasteiger partial charge in [0.1, 0.15) is 10.6 Å². The summed E-state index contributed by atoms with van der Waals surface area (Å²) in [6, 6.07) is 6.51. The predicted octanol–water partition coefficient (Wildman–Crippen LogP) is 3.76. The van der Waals surface area contributed by atoms with Gasteiger partial charge in [0.05, 0.1) is 11.0 Å². The highest BCUT2D eigenvalue weighted by molar-refractivity contribution is 7.89. The molecule has 1 aliphatic heterocycles. The van der Waals surface area contributed by atoms with E-state index in [2.05, 4.69) is 10.1 Å². The molecule has 1 aromatic carbocycles. The molecule has 0 bridgehead atoms. The standard InChI is InChI=1S/C19H21F3N4O3S/c1-12-17(13(2)29-24-12)30(27,28)25-9-7-14(8-10-25)11-26-16-6-4-3-5-15(16)23-18(26)19(20,21)22/h3-6,14H,7-11H2,1-2H3. The van der Waals surface area contributed by atoms with Crippen molar-refractivity contribution in [3.05, 3.63) is 41.5 Å². The van der Waals surface area contributed by atoms with Crippen LogP contribution in [0.2, 0.25) is 0 Å². The number of piperidine rings is 1. The van der Waals surface area contributed by atoms with Crippen LogP contribution in [0.15, 0.2) is 33.7 Å². The Morgan fingerprint density at radius 1 is 1.17 bits per heavy atom. The summed E-state index contributed by atoms with van der Waals surface area (Å²) in [7, 11) is -3.75. The maximum absolute atomic E-state index is 13.5. The highest BCUT2D eigenvalue weighted by Crippen LogP contribution is 2.34. The zero-order valence-corrected chi connectivity index (χ0v) is 17.3. The van der Waals surface area contributed by atoms with E-state index in [1.807, 2.05) is 0 Å². The number of hydrogen-bond donors (Lipinski definition) is 0. The average Bonchev–Trinajstić information content (AvgIpc) is 3.22. The average molecular weight is 442 g/mol. The van der Waals surface area contributed by atoms with Crippen molar-refractivity contribution in [2.45, 2.75) is 44.3 Å². The molecule has 7 nitrogen and oxygen atoms in total. The number of nitrogens with zero attached hydrogens (tertiary/aromatic N) is 4. The number of halogens is 3. The summed E-state index contributed by atoms with van der Waals surface area (Å²) in [6.07, 6.45) is -3.66. The molecule has 0 spiro atoms. The van der Waals surface area contributed by atoms with E-state index < -0.39 is 22.0 Å². The first-order valence-corrected chi connectivity index (χ1v) is 11.0. The maximum Gasteiger partial charge on any atom is 0.449 e. The van der Waals surface area contributed by atoms with E-state index in [1.54, 1.807) is 38.1 Å². The first kappa shape index (κ1) is 20.9. The van der Waals surface area contributed by atoms with E-state index in [9.17, 15) is 21.6 Å². The zero-order chi connectivity index (χ0) is 21.7. The van der Waals surface area contributed by atoms with Gasteiger partial charge in [-0.25, -0.2) is 13.4 Å². The number of rotatable bonds is 4. The van der Waals surface area contributed by atoms with E-state index in [-0.39, 0.29) is 36.2 Å². The van der Waals surface area contributed by atoms with Gasteiger partial charge in [-0.15, -0.1) is 0 Å². The van der Waals surface area contributed by atoms with Crippen LogP contribution in [0.4, 0.5) is 13.2 Å². The SMILES string of the molecule is Cc1noc(C)c1S(=O)(=O)N1CCC(Cn2c(C(F)(F)F)nc3ccccc32)CC1. The molecule has 30 heavy (non-hydrogen) atoms. The second-order valence-electron chi connectivity index (χ2n) is 7.53. The normalized spacial score (nSPS) is 17.1. The molecule has 1 aliphatic rings. The van der Waals surface area contributed by atoms with Crippen LogP contribution in [0.25, 0.3) is 11.0 Å². The van der Waals surface area contributed by atoms with Crippen molar-refractivity contribution in [3.8, 4) is 0 Å². The second kappa shape index (κ2) is 7.38. The largest absolute Gasteiger partial charge is 0.449 e. The van der Waals surface area contributed by atoms with Crippen molar-refractivity contribution in [1.29, 1.82) is 0 Å². The van der Waals surface area contributed by atoms with Gasteiger partial charge in [0.2, 0.25) is 15.8 Å². The Bertz CT molecular complexity index is 1160. The Labute approximate surface area is 171 Å². The molecule has 0 radical (unpaired) electrons. The molecule has 0 aliphatic carbocycles. The fourth-order valence-electron chi connectivity index (χ4n) is 4.04. The third kappa shape index (κ3) is 3.60. The monoisotopic (exact) mass is 442 g/mol. The minimum Gasteiger partial charge on any atom is -0.360 e. The minimum absolute atomic E-state index is 0.0703. The number of aromatic nitrogens is 3. The smallest absolute Gasteiger partial charge is 0.360 e. The van der Waals surface area contributed by atoms with Gasteiger partial charge >= 0.3 is 6.18 Å². The van der Waals surface area contributed by atoms with E-state index in [4.69, 9.17) is 4.52 Å². The van der Waals surface area contributed by atoms with Crippen LogP contribution < -0.4 is 0 Å². The molecule has 0 unspecified atom stereocenters. The van der Waals surface area contributed by atoms with Gasteiger partial charge in [-0.2, -0.15) is 17.5 Å². The summed E-state index contributed by atoms with van der Waals surface area (Å²) in [6.45, 7) is 3.70. The van der Waals surface area contributed by atoms with Crippen molar-refractivity contribution in [3.63, 3.8) is 0 Å². The first-order chi connectivity index (χ1) is 14.1. The number of benzene rings is 1. The summed E-state index contributed by atoms with van der Waals surface area (Å²) in [5.41, 5.74) is 1.02. The fraction of sp³-hybridized carbons (Fsp3) is 0.474. The topological polar surface area (TPSA) is 81.2 Å². The van der Waals surface area contributed by atoms with Gasteiger partial charge < -0.3 is 9.09 Å². The minimum atomic E-state index is -4.56. The second-order valence-corrected chi connectivity index (χ2v) is 9.41. The van der Waals surface area contributed by atoms with Gasteiger partial charge in [-0.05, 0) is 44.7 Å². The Morgan fingerprint density at radius 3 is 2.43 bits per heavy atom.